The van der Waals surface area contributed by atoms with E-state index in [0.717, 1.165) is 5.92 Å². The highest BCUT2D eigenvalue weighted by Crippen LogP contribution is 2.26. The first-order valence-electron chi connectivity index (χ1n) is 17.8. The second-order valence-electron chi connectivity index (χ2n) is 14.8. The zero-order chi connectivity index (χ0) is 40.3. The van der Waals surface area contributed by atoms with Gasteiger partial charge in [-0.05, 0) is 56.8 Å². The molecule has 4 unspecified atom stereocenters. The highest BCUT2D eigenvalue weighted by molar-refractivity contribution is 6.38. The Balaban J connectivity index is 0. The standard InChI is InChI=1S/C31H53F3N6O6.C5H12/c1-11-15-35-27(44)24(42)21(13-14-31(32,33)34)38-26(43)22(16-20(7)18(3)4)40(12-2)28(45)25(30(8,9)10)39-29(46)36-17-23(41)37-19(5)6;1-4-5(2)3/h11,18-22,25H,1,12-17H2,2-10H3,(H,35,44)(H,37,41)(H,38,43)(H2,36,39,46);5H,4H2,1-3H3. The molecule has 0 heterocycles. The number of rotatable bonds is 19. The van der Waals surface area contributed by atoms with Gasteiger partial charge in [0.2, 0.25) is 23.5 Å². The lowest BCUT2D eigenvalue weighted by Gasteiger charge is -2.39. The summed E-state index contributed by atoms with van der Waals surface area (Å²) in [4.78, 5) is 79.1. The van der Waals surface area contributed by atoms with Gasteiger partial charge in [0, 0.05) is 25.6 Å². The van der Waals surface area contributed by atoms with Crippen molar-refractivity contribution in [1.82, 2.24) is 31.5 Å². The fourth-order valence-electron chi connectivity index (χ4n) is 4.32. The fraction of sp³-hybridized carbons (Fsp3) is 0.778. The van der Waals surface area contributed by atoms with Crippen molar-refractivity contribution >= 4 is 35.4 Å². The first-order chi connectivity index (χ1) is 23.3. The number of hydrogen-bond donors (Lipinski definition) is 5. The fourth-order valence-corrected chi connectivity index (χ4v) is 4.32. The molecule has 6 amide bonds. The van der Waals surface area contributed by atoms with Gasteiger partial charge in [0.15, 0.2) is 0 Å². The van der Waals surface area contributed by atoms with Crippen molar-refractivity contribution in [3.8, 4) is 0 Å². The van der Waals surface area contributed by atoms with Crippen molar-refractivity contribution in [2.45, 2.75) is 139 Å². The first kappa shape index (κ1) is 49.5. The maximum absolute atomic E-state index is 14.1. The number of nitrogens with one attached hydrogen (secondary N) is 5. The van der Waals surface area contributed by atoms with E-state index in [-0.39, 0.29) is 43.9 Å². The van der Waals surface area contributed by atoms with Crippen molar-refractivity contribution in [1.29, 1.82) is 0 Å². The predicted molar refractivity (Wildman–Crippen MR) is 193 cm³/mol. The molecule has 0 fully saturated rings. The van der Waals surface area contributed by atoms with Crippen molar-refractivity contribution in [2.75, 3.05) is 19.6 Å². The van der Waals surface area contributed by atoms with Gasteiger partial charge in [-0.2, -0.15) is 13.2 Å². The van der Waals surface area contributed by atoms with E-state index in [0.29, 0.717) is 0 Å². The Morgan fingerprint density at radius 3 is 1.80 bits per heavy atom. The smallest absolute Gasteiger partial charge is 0.352 e. The minimum absolute atomic E-state index is 0.0323. The van der Waals surface area contributed by atoms with E-state index in [1.165, 1.54) is 17.4 Å². The van der Waals surface area contributed by atoms with Gasteiger partial charge in [-0.15, -0.1) is 6.58 Å². The van der Waals surface area contributed by atoms with E-state index in [9.17, 15) is 41.9 Å². The van der Waals surface area contributed by atoms with E-state index in [1.54, 1.807) is 41.5 Å². The van der Waals surface area contributed by atoms with E-state index < -0.39 is 78.0 Å². The molecule has 0 saturated heterocycles. The van der Waals surface area contributed by atoms with Crippen LogP contribution in [0.3, 0.4) is 0 Å². The molecule has 0 aliphatic heterocycles. The molecule has 296 valence electrons. The number of Topliss-reactive ketones (excluding diaryl/α,β-unsaturated/α-hetero) is 1. The van der Waals surface area contributed by atoms with Crippen LogP contribution in [0.4, 0.5) is 18.0 Å². The Morgan fingerprint density at radius 2 is 1.39 bits per heavy atom. The van der Waals surface area contributed by atoms with Crippen molar-refractivity contribution < 1.29 is 41.9 Å². The van der Waals surface area contributed by atoms with Crippen LogP contribution in [0.25, 0.3) is 0 Å². The quantitative estimate of drug-likeness (QED) is 0.0938. The van der Waals surface area contributed by atoms with Crippen LogP contribution in [-0.2, 0) is 24.0 Å². The molecule has 51 heavy (non-hydrogen) atoms. The summed E-state index contributed by atoms with van der Waals surface area (Å²) in [6.45, 7) is 25.4. The molecule has 15 heteroatoms. The topological polar surface area (TPSA) is 166 Å². The SMILES string of the molecule is C=CCNC(=O)C(=O)C(CCC(F)(F)F)NC(=O)C(CC(C)C(C)C)N(CC)C(=O)C(NC(=O)NCC(=O)NC(C)C)C(C)(C)C.CCC(C)C. The maximum atomic E-state index is 14.1. The minimum atomic E-state index is -4.67. The molecule has 0 bridgehead atoms. The van der Waals surface area contributed by atoms with Gasteiger partial charge in [-0.1, -0.05) is 74.8 Å². The summed E-state index contributed by atoms with van der Waals surface area (Å²) in [6.07, 6.45) is -4.34. The summed E-state index contributed by atoms with van der Waals surface area (Å²) < 4.78 is 39.4. The zero-order valence-corrected chi connectivity index (χ0v) is 32.8. The molecule has 0 radical (unpaired) electrons. The van der Waals surface area contributed by atoms with Crippen LogP contribution in [0.2, 0.25) is 0 Å². The van der Waals surface area contributed by atoms with E-state index in [4.69, 9.17) is 0 Å². The van der Waals surface area contributed by atoms with Gasteiger partial charge in [0.05, 0.1) is 12.6 Å². The Kier molecular flexibility index (Phi) is 23.0. The van der Waals surface area contributed by atoms with Crippen LogP contribution in [0.1, 0.15) is 109 Å². The number of likely N-dealkylation sites (N-methyl/N-ethyl adjacent to an activating group) is 1. The summed E-state index contributed by atoms with van der Waals surface area (Å²) in [5.41, 5.74) is -0.888. The van der Waals surface area contributed by atoms with Gasteiger partial charge in [-0.3, -0.25) is 24.0 Å². The maximum Gasteiger partial charge on any atom is 0.389 e. The second-order valence-corrected chi connectivity index (χ2v) is 14.8. The third-order valence-electron chi connectivity index (χ3n) is 8.08. The van der Waals surface area contributed by atoms with Crippen LogP contribution in [0.15, 0.2) is 12.7 Å². The van der Waals surface area contributed by atoms with Crippen LogP contribution >= 0.6 is 0 Å². The summed E-state index contributed by atoms with van der Waals surface area (Å²) in [5.74, 6) is -3.71. The van der Waals surface area contributed by atoms with Gasteiger partial charge in [0.1, 0.15) is 12.1 Å². The number of urea groups is 1. The van der Waals surface area contributed by atoms with E-state index >= 15 is 0 Å². The molecule has 5 N–H and O–H groups in total. The Hall–Kier alpha value is -3.65. The molecule has 0 aliphatic rings. The average Bonchev–Trinajstić information content (AvgIpc) is 3.01. The van der Waals surface area contributed by atoms with Crippen molar-refractivity contribution in [3.63, 3.8) is 0 Å². The van der Waals surface area contributed by atoms with Gasteiger partial charge in [0.25, 0.3) is 5.91 Å². The minimum Gasteiger partial charge on any atom is -0.352 e. The lowest BCUT2D eigenvalue weighted by atomic mass is 9.84. The Morgan fingerprint density at radius 1 is 0.843 bits per heavy atom. The normalized spacial score (nSPS) is 13.9. The lowest BCUT2D eigenvalue weighted by Crippen LogP contribution is -2.62. The third kappa shape index (κ3) is 21.3. The number of carbonyl (C=O) groups is 6. The molecule has 0 aromatic rings. The summed E-state index contributed by atoms with van der Waals surface area (Å²) >= 11 is 0. The molecule has 0 saturated carbocycles. The predicted octanol–water partition coefficient (Wildman–Crippen LogP) is 4.88. The average molecular weight is 735 g/mol. The molecular weight excluding hydrogens is 669 g/mol. The molecule has 0 aromatic heterocycles. The molecule has 0 spiro atoms. The van der Waals surface area contributed by atoms with E-state index in [1.807, 2.05) is 20.8 Å². The molecule has 0 aromatic carbocycles. The lowest BCUT2D eigenvalue weighted by molar-refractivity contribution is -0.148. The molecule has 0 rings (SSSR count). The zero-order valence-electron chi connectivity index (χ0n) is 32.8. The number of ketones is 1. The number of hydrogen-bond acceptors (Lipinski definition) is 6. The number of amides is 6. The second kappa shape index (κ2) is 23.8. The van der Waals surface area contributed by atoms with Crippen molar-refractivity contribution in [2.24, 2.45) is 23.2 Å². The summed E-state index contributed by atoms with van der Waals surface area (Å²) in [6, 6.07) is -5.23. The molecular formula is C36H65F3N6O6. The molecule has 4 atom stereocenters. The number of nitrogens with zero attached hydrogens (tertiary/aromatic N) is 1. The summed E-state index contributed by atoms with van der Waals surface area (Å²) in [5, 5.41) is 12.1. The highest BCUT2D eigenvalue weighted by atomic mass is 19.4. The van der Waals surface area contributed by atoms with Gasteiger partial charge >= 0.3 is 12.2 Å². The highest BCUT2D eigenvalue weighted by Gasteiger charge is 2.41. The van der Waals surface area contributed by atoms with Crippen LogP contribution in [0, 0.1) is 23.2 Å². The third-order valence-corrected chi connectivity index (χ3v) is 8.08. The number of alkyl halides is 3. The first-order valence-corrected chi connectivity index (χ1v) is 17.8. The number of carbonyl (C=O) groups excluding carboxylic acids is 6. The molecule has 12 nitrogen and oxygen atoms in total. The molecule has 0 aliphatic carbocycles. The van der Waals surface area contributed by atoms with Gasteiger partial charge < -0.3 is 31.5 Å². The van der Waals surface area contributed by atoms with Gasteiger partial charge in [-0.25, -0.2) is 4.79 Å². The monoisotopic (exact) mass is 734 g/mol. The Labute approximate surface area is 303 Å². The van der Waals surface area contributed by atoms with Crippen LogP contribution < -0.4 is 26.6 Å². The summed E-state index contributed by atoms with van der Waals surface area (Å²) in [7, 11) is 0. The van der Waals surface area contributed by atoms with Crippen LogP contribution in [-0.4, -0.2) is 90.3 Å². The van der Waals surface area contributed by atoms with Crippen LogP contribution in [0.5, 0.6) is 0 Å². The van der Waals surface area contributed by atoms with Crippen molar-refractivity contribution in [3.05, 3.63) is 12.7 Å². The Bertz CT molecular complexity index is 1140. The van der Waals surface area contributed by atoms with E-state index in [2.05, 4.69) is 53.9 Å². The number of halogens is 3. The largest absolute Gasteiger partial charge is 0.389 e.